The van der Waals surface area contributed by atoms with Crippen molar-refractivity contribution < 1.29 is 4.79 Å². The minimum absolute atomic E-state index is 0.225. The summed E-state index contributed by atoms with van der Waals surface area (Å²) < 4.78 is 0. The molecule has 0 saturated heterocycles. The third-order valence-electron chi connectivity index (χ3n) is 2.95. The molecule has 0 atom stereocenters. The fraction of sp³-hybridized carbons (Fsp3) is 0.250. The molecule has 2 aromatic rings. The Morgan fingerprint density at radius 2 is 2.06 bits per heavy atom. The molecule has 0 radical (unpaired) electrons. The van der Waals surface area contributed by atoms with E-state index in [9.17, 15) is 4.79 Å². The highest BCUT2D eigenvalue weighted by molar-refractivity contribution is 5.76. The van der Waals surface area contributed by atoms with E-state index in [-0.39, 0.29) is 5.78 Å². The van der Waals surface area contributed by atoms with Gasteiger partial charge in [0, 0.05) is 18.2 Å². The molecule has 0 fully saturated rings. The molecule has 92 valence electrons. The topological polar surface area (TPSA) is 30.0 Å². The average Bonchev–Trinajstić information content (AvgIpc) is 2.38. The average molecular weight is 239 g/mol. The van der Waals surface area contributed by atoms with Gasteiger partial charge in [0.2, 0.25) is 0 Å². The van der Waals surface area contributed by atoms with Crippen molar-refractivity contribution >= 4 is 5.78 Å². The van der Waals surface area contributed by atoms with Gasteiger partial charge in [0.15, 0.2) is 0 Å². The number of nitrogens with zero attached hydrogens (tertiary/aromatic N) is 1. The minimum Gasteiger partial charge on any atom is -0.300 e. The zero-order chi connectivity index (χ0) is 13.0. The quantitative estimate of drug-likeness (QED) is 0.816. The van der Waals surface area contributed by atoms with Crippen LogP contribution in [0.25, 0.3) is 11.3 Å². The van der Waals surface area contributed by atoms with Gasteiger partial charge in [-0.3, -0.25) is 4.98 Å². The molecule has 0 unspecified atom stereocenters. The molecule has 0 bridgehead atoms. The Labute approximate surface area is 108 Å². The Kier molecular flexibility index (Phi) is 3.88. The number of carbonyl (C=O) groups is 1. The molecule has 2 nitrogen and oxygen atoms in total. The van der Waals surface area contributed by atoms with Crippen LogP contribution in [0, 0.1) is 6.92 Å². The number of Topliss-reactive ketones (excluding diaryl/α,β-unsaturated/α-hetero) is 1. The van der Waals surface area contributed by atoms with E-state index in [1.54, 1.807) is 13.1 Å². The van der Waals surface area contributed by atoms with Crippen LogP contribution in [-0.4, -0.2) is 10.8 Å². The van der Waals surface area contributed by atoms with Crippen LogP contribution >= 0.6 is 0 Å². The second-order valence-electron chi connectivity index (χ2n) is 4.58. The second kappa shape index (κ2) is 5.58. The van der Waals surface area contributed by atoms with Crippen LogP contribution in [0.15, 0.2) is 42.6 Å². The van der Waals surface area contributed by atoms with Crippen molar-refractivity contribution in [1.29, 1.82) is 0 Å². The van der Waals surface area contributed by atoms with E-state index in [0.717, 1.165) is 17.7 Å². The molecule has 1 aromatic carbocycles. The lowest BCUT2D eigenvalue weighted by Crippen LogP contribution is -1.97. The highest BCUT2D eigenvalue weighted by Gasteiger charge is 2.07. The number of benzene rings is 1. The third kappa shape index (κ3) is 3.04. The van der Waals surface area contributed by atoms with Crippen molar-refractivity contribution in [2.45, 2.75) is 26.7 Å². The van der Waals surface area contributed by atoms with Crippen LogP contribution < -0.4 is 0 Å². The first kappa shape index (κ1) is 12.5. The van der Waals surface area contributed by atoms with Crippen LogP contribution in [0.4, 0.5) is 0 Å². The third-order valence-corrected chi connectivity index (χ3v) is 2.95. The highest BCUT2D eigenvalue weighted by atomic mass is 16.1. The predicted molar refractivity (Wildman–Crippen MR) is 73.4 cm³/mol. The summed E-state index contributed by atoms with van der Waals surface area (Å²) in [7, 11) is 0. The van der Waals surface area contributed by atoms with Crippen LogP contribution in [0.5, 0.6) is 0 Å². The fourth-order valence-corrected chi connectivity index (χ4v) is 1.98. The Hall–Kier alpha value is -1.96. The Balaban J connectivity index is 2.38. The minimum atomic E-state index is 0.225. The normalized spacial score (nSPS) is 10.3. The number of aromatic nitrogens is 1. The molecule has 1 aromatic heterocycles. The zero-order valence-electron chi connectivity index (χ0n) is 10.8. The first-order chi connectivity index (χ1) is 8.66. The van der Waals surface area contributed by atoms with Crippen molar-refractivity contribution in [3.8, 4) is 11.3 Å². The monoisotopic (exact) mass is 239 g/mol. The van der Waals surface area contributed by atoms with Crippen LogP contribution in [0.2, 0.25) is 0 Å². The SMILES string of the molecule is CC(=O)CCc1ccc(C)cc1-c1ccccn1. The lowest BCUT2D eigenvalue weighted by atomic mass is 9.97. The molecule has 1 heterocycles. The standard InChI is InChI=1S/C16H17NO/c1-12-6-8-14(9-7-13(2)18)15(11-12)16-5-3-4-10-17-16/h3-6,8,10-11H,7,9H2,1-2H3. The number of hydrogen-bond acceptors (Lipinski definition) is 2. The summed E-state index contributed by atoms with van der Waals surface area (Å²) in [6, 6.07) is 12.2. The molecule has 18 heavy (non-hydrogen) atoms. The van der Waals surface area contributed by atoms with Crippen LogP contribution in [0.3, 0.4) is 0 Å². The summed E-state index contributed by atoms with van der Waals surface area (Å²) >= 11 is 0. The van der Waals surface area contributed by atoms with Gasteiger partial charge < -0.3 is 4.79 Å². The maximum absolute atomic E-state index is 11.1. The van der Waals surface area contributed by atoms with Gasteiger partial charge in [0.1, 0.15) is 5.78 Å². The Morgan fingerprint density at radius 1 is 1.22 bits per heavy atom. The van der Waals surface area contributed by atoms with E-state index in [2.05, 4.69) is 30.1 Å². The summed E-state index contributed by atoms with van der Waals surface area (Å²) in [6.07, 6.45) is 3.16. The van der Waals surface area contributed by atoms with E-state index in [1.807, 2.05) is 18.2 Å². The lowest BCUT2D eigenvalue weighted by molar-refractivity contribution is -0.116. The van der Waals surface area contributed by atoms with Gasteiger partial charge in [0.05, 0.1) is 5.69 Å². The first-order valence-electron chi connectivity index (χ1n) is 6.17. The molecule has 0 saturated carbocycles. The highest BCUT2D eigenvalue weighted by Crippen LogP contribution is 2.24. The first-order valence-corrected chi connectivity index (χ1v) is 6.17. The number of rotatable bonds is 4. The smallest absolute Gasteiger partial charge is 0.130 e. The Bertz CT molecular complexity index is 546. The van der Waals surface area contributed by atoms with Gasteiger partial charge in [-0.05, 0) is 44.0 Å². The van der Waals surface area contributed by atoms with Crippen LogP contribution in [0.1, 0.15) is 24.5 Å². The molecule has 0 amide bonds. The summed E-state index contributed by atoms with van der Waals surface area (Å²) in [4.78, 5) is 15.5. The molecular formula is C16H17NO. The molecule has 0 aliphatic rings. The number of pyridine rings is 1. The molecule has 0 aliphatic heterocycles. The maximum atomic E-state index is 11.1. The summed E-state index contributed by atoms with van der Waals surface area (Å²) in [6.45, 7) is 3.70. The van der Waals surface area contributed by atoms with Crippen LogP contribution in [-0.2, 0) is 11.2 Å². The number of hydrogen-bond donors (Lipinski definition) is 0. The molecule has 2 heteroatoms. The van der Waals surface area contributed by atoms with Crippen molar-refractivity contribution in [2.75, 3.05) is 0 Å². The van der Waals surface area contributed by atoms with Gasteiger partial charge in [-0.2, -0.15) is 0 Å². The molecule has 0 N–H and O–H groups in total. The van der Waals surface area contributed by atoms with E-state index in [4.69, 9.17) is 0 Å². The number of carbonyl (C=O) groups excluding carboxylic acids is 1. The van der Waals surface area contributed by atoms with E-state index >= 15 is 0 Å². The summed E-state index contributed by atoms with van der Waals surface area (Å²) in [5, 5.41) is 0. The molecular weight excluding hydrogens is 222 g/mol. The van der Waals surface area contributed by atoms with Gasteiger partial charge in [-0.15, -0.1) is 0 Å². The maximum Gasteiger partial charge on any atom is 0.130 e. The van der Waals surface area contributed by atoms with Crippen molar-refractivity contribution in [2.24, 2.45) is 0 Å². The second-order valence-corrected chi connectivity index (χ2v) is 4.58. The molecule has 0 spiro atoms. The van der Waals surface area contributed by atoms with Gasteiger partial charge in [0.25, 0.3) is 0 Å². The predicted octanol–water partition coefficient (Wildman–Crippen LogP) is 3.58. The van der Waals surface area contributed by atoms with Gasteiger partial charge >= 0.3 is 0 Å². The fourth-order valence-electron chi connectivity index (χ4n) is 1.98. The van der Waals surface area contributed by atoms with E-state index < -0.39 is 0 Å². The summed E-state index contributed by atoms with van der Waals surface area (Å²) in [5.41, 5.74) is 4.51. The lowest BCUT2D eigenvalue weighted by Gasteiger charge is -2.09. The summed E-state index contributed by atoms with van der Waals surface area (Å²) in [5.74, 6) is 0.225. The molecule has 0 aliphatic carbocycles. The van der Waals surface area contributed by atoms with Crippen molar-refractivity contribution in [3.63, 3.8) is 0 Å². The number of aryl methyl sites for hydroxylation is 2. The van der Waals surface area contributed by atoms with E-state index in [1.165, 1.54) is 11.1 Å². The number of ketones is 1. The zero-order valence-corrected chi connectivity index (χ0v) is 10.8. The van der Waals surface area contributed by atoms with E-state index in [0.29, 0.717) is 6.42 Å². The Morgan fingerprint density at radius 3 is 2.72 bits per heavy atom. The van der Waals surface area contributed by atoms with Crippen molar-refractivity contribution in [1.82, 2.24) is 4.98 Å². The van der Waals surface area contributed by atoms with Gasteiger partial charge in [-0.25, -0.2) is 0 Å². The van der Waals surface area contributed by atoms with Gasteiger partial charge in [-0.1, -0.05) is 23.8 Å². The molecule has 2 rings (SSSR count). The largest absolute Gasteiger partial charge is 0.300 e. The van der Waals surface area contributed by atoms with Crippen molar-refractivity contribution in [3.05, 3.63) is 53.7 Å².